The molecule has 4 nitrogen and oxygen atoms in total. The van der Waals surface area contributed by atoms with Gasteiger partial charge in [0.05, 0.1) is 6.61 Å². The highest BCUT2D eigenvalue weighted by molar-refractivity contribution is 5.60. The van der Waals surface area contributed by atoms with Crippen LogP contribution in [-0.4, -0.2) is 31.9 Å². The molecule has 0 aliphatic heterocycles. The van der Waals surface area contributed by atoms with Gasteiger partial charge in [0.15, 0.2) is 0 Å². The van der Waals surface area contributed by atoms with Crippen molar-refractivity contribution >= 4 is 11.4 Å². The minimum Gasteiger partial charge on any atom is -0.493 e. The Bertz CT molecular complexity index is 369. The normalized spacial score (nSPS) is 10.5. The van der Waals surface area contributed by atoms with Gasteiger partial charge in [-0.15, -0.1) is 0 Å². The lowest BCUT2D eigenvalue weighted by Gasteiger charge is -2.20. The van der Waals surface area contributed by atoms with Gasteiger partial charge < -0.3 is 20.5 Å². The van der Waals surface area contributed by atoms with Crippen LogP contribution < -0.4 is 15.4 Å². The number of aliphatic hydroxyl groups is 1. The smallest absolute Gasteiger partial charge is 0.123 e. The van der Waals surface area contributed by atoms with Crippen LogP contribution in [0.5, 0.6) is 5.75 Å². The van der Waals surface area contributed by atoms with Crippen molar-refractivity contribution in [1.29, 1.82) is 0 Å². The maximum atomic E-state index is 8.76. The second kappa shape index (κ2) is 8.64. The molecule has 0 fully saturated rings. The maximum absolute atomic E-state index is 8.76. The monoisotopic (exact) mass is 266 g/mol. The molecule has 0 saturated carbocycles. The Labute approximate surface area is 116 Å². The van der Waals surface area contributed by atoms with Crippen LogP contribution in [-0.2, 0) is 0 Å². The van der Waals surface area contributed by atoms with E-state index in [4.69, 9.17) is 15.6 Å². The summed E-state index contributed by atoms with van der Waals surface area (Å²) >= 11 is 0. The number of aliphatic hydroxyl groups excluding tert-OH is 1. The van der Waals surface area contributed by atoms with Crippen molar-refractivity contribution < 1.29 is 9.84 Å². The lowest BCUT2D eigenvalue weighted by atomic mass is 10.2. The van der Waals surface area contributed by atoms with Crippen LogP contribution in [0.15, 0.2) is 18.2 Å². The first kappa shape index (κ1) is 15.6. The Morgan fingerprint density at radius 3 is 2.68 bits per heavy atom. The quantitative estimate of drug-likeness (QED) is 0.533. The first-order valence-electron chi connectivity index (χ1n) is 7.02. The number of benzene rings is 1. The Morgan fingerprint density at radius 2 is 2.00 bits per heavy atom. The number of rotatable bonds is 9. The molecule has 0 spiro atoms. The number of nitrogens with zero attached hydrogens (tertiary/aromatic N) is 1. The molecule has 108 valence electrons. The molecule has 0 aliphatic rings. The molecule has 0 aromatic heterocycles. The predicted octanol–water partition coefficient (Wildman–Crippen LogP) is 2.66. The first-order chi connectivity index (χ1) is 9.17. The van der Waals surface area contributed by atoms with Crippen LogP contribution in [0.2, 0.25) is 0 Å². The average molecular weight is 266 g/mol. The SMILES string of the molecule is CCCOc1cc(N)cc(N(C)CCCCCO)c1. The molecule has 1 aromatic rings. The van der Waals surface area contributed by atoms with Crippen LogP contribution in [0, 0.1) is 0 Å². The van der Waals surface area contributed by atoms with Crippen molar-refractivity contribution in [2.24, 2.45) is 0 Å². The zero-order chi connectivity index (χ0) is 14.1. The van der Waals surface area contributed by atoms with Gasteiger partial charge in [0.2, 0.25) is 0 Å². The molecule has 3 N–H and O–H groups in total. The molecule has 19 heavy (non-hydrogen) atoms. The molecule has 0 amide bonds. The Hall–Kier alpha value is -1.42. The van der Waals surface area contributed by atoms with Crippen LogP contribution in [0.25, 0.3) is 0 Å². The zero-order valence-corrected chi connectivity index (χ0v) is 12.1. The first-order valence-corrected chi connectivity index (χ1v) is 7.02. The molecular formula is C15H26N2O2. The van der Waals surface area contributed by atoms with Gasteiger partial charge in [-0.3, -0.25) is 0 Å². The van der Waals surface area contributed by atoms with Crippen molar-refractivity contribution in [3.63, 3.8) is 0 Å². The third kappa shape index (κ3) is 5.83. The van der Waals surface area contributed by atoms with Crippen molar-refractivity contribution in [3.8, 4) is 5.75 Å². The summed E-state index contributed by atoms with van der Waals surface area (Å²) in [4.78, 5) is 2.17. The maximum Gasteiger partial charge on any atom is 0.123 e. The van der Waals surface area contributed by atoms with E-state index in [1.54, 1.807) is 0 Å². The second-order valence-electron chi connectivity index (χ2n) is 4.81. The van der Waals surface area contributed by atoms with Gasteiger partial charge in [0.1, 0.15) is 5.75 Å². The number of nitrogens with two attached hydrogens (primary N) is 1. The van der Waals surface area contributed by atoms with E-state index in [1.165, 1.54) is 0 Å². The van der Waals surface area contributed by atoms with Gasteiger partial charge in [-0.2, -0.15) is 0 Å². The summed E-state index contributed by atoms with van der Waals surface area (Å²) in [5, 5.41) is 8.76. The molecule has 0 heterocycles. The van der Waals surface area contributed by atoms with E-state index in [1.807, 2.05) is 18.2 Å². The van der Waals surface area contributed by atoms with E-state index in [0.717, 1.165) is 49.4 Å². The molecule has 0 atom stereocenters. The van der Waals surface area contributed by atoms with E-state index in [-0.39, 0.29) is 6.61 Å². The second-order valence-corrected chi connectivity index (χ2v) is 4.81. The molecule has 0 aliphatic carbocycles. The minimum absolute atomic E-state index is 0.275. The summed E-state index contributed by atoms with van der Waals surface area (Å²) in [5.41, 5.74) is 7.71. The number of anilines is 2. The number of hydrogen-bond donors (Lipinski definition) is 2. The minimum atomic E-state index is 0.275. The van der Waals surface area contributed by atoms with Gasteiger partial charge >= 0.3 is 0 Å². The fourth-order valence-electron chi connectivity index (χ4n) is 1.90. The Kier molecular flexibility index (Phi) is 7.11. The molecule has 0 saturated heterocycles. The Balaban J connectivity index is 2.57. The van der Waals surface area contributed by atoms with Crippen LogP contribution in [0.1, 0.15) is 32.6 Å². The summed E-state index contributed by atoms with van der Waals surface area (Å²) in [6, 6.07) is 5.85. The summed E-state index contributed by atoms with van der Waals surface area (Å²) in [6.45, 7) is 4.03. The molecule has 0 unspecified atom stereocenters. The zero-order valence-electron chi connectivity index (χ0n) is 12.1. The van der Waals surface area contributed by atoms with Gasteiger partial charge in [-0.25, -0.2) is 0 Å². The molecule has 1 aromatic carbocycles. The number of hydrogen-bond acceptors (Lipinski definition) is 4. The molecular weight excluding hydrogens is 240 g/mol. The predicted molar refractivity (Wildman–Crippen MR) is 80.8 cm³/mol. The van der Waals surface area contributed by atoms with Gasteiger partial charge in [-0.05, 0) is 31.7 Å². The highest BCUT2D eigenvalue weighted by atomic mass is 16.5. The number of unbranched alkanes of at least 4 members (excludes halogenated alkanes) is 2. The van der Waals surface area contributed by atoms with Crippen molar-refractivity contribution in [2.75, 3.05) is 37.4 Å². The average Bonchev–Trinajstić information content (AvgIpc) is 2.40. The van der Waals surface area contributed by atoms with Crippen LogP contribution >= 0.6 is 0 Å². The van der Waals surface area contributed by atoms with Gasteiger partial charge in [-0.1, -0.05) is 6.92 Å². The van der Waals surface area contributed by atoms with Crippen molar-refractivity contribution in [1.82, 2.24) is 0 Å². The summed E-state index contributed by atoms with van der Waals surface area (Å²) < 4.78 is 5.63. The van der Waals surface area contributed by atoms with E-state index in [2.05, 4.69) is 18.9 Å². The standard InChI is InChI=1S/C15H26N2O2/c1-3-9-19-15-11-13(16)10-14(12-15)17(2)7-5-4-6-8-18/h10-12,18H,3-9,16H2,1-2H3. The highest BCUT2D eigenvalue weighted by Gasteiger charge is 2.05. The Morgan fingerprint density at radius 1 is 1.21 bits per heavy atom. The summed E-state index contributed by atoms with van der Waals surface area (Å²) in [7, 11) is 2.05. The fraction of sp³-hybridized carbons (Fsp3) is 0.600. The number of nitrogen functional groups attached to an aromatic ring is 1. The summed E-state index contributed by atoms with van der Waals surface area (Å²) in [6.07, 6.45) is 3.97. The molecule has 0 bridgehead atoms. The largest absolute Gasteiger partial charge is 0.493 e. The summed E-state index contributed by atoms with van der Waals surface area (Å²) in [5.74, 6) is 0.832. The van der Waals surface area contributed by atoms with Gasteiger partial charge in [0, 0.05) is 43.7 Å². The van der Waals surface area contributed by atoms with E-state index in [9.17, 15) is 0 Å². The van der Waals surface area contributed by atoms with Gasteiger partial charge in [0.25, 0.3) is 0 Å². The van der Waals surface area contributed by atoms with E-state index >= 15 is 0 Å². The highest BCUT2D eigenvalue weighted by Crippen LogP contribution is 2.25. The topological polar surface area (TPSA) is 58.7 Å². The van der Waals surface area contributed by atoms with Crippen molar-refractivity contribution in [3.05, 3.63) is 18.2 Å². The molecule has 4 heteroatoms. The van der Waals surface area contributed by atoms with E-state index in [0.29, 0.717) is 6.61 Å². The third-order valence-electron chi connectivity index (χ3n) is 2.98. The number of ether oxygens (including phenoxy) is 1. The molecule has 0 radical (unpaired) electrons. The molecule has 1 rings (SSSR count). The third-order valence-corrected chi connectivity index (χ3v) is 2.98. The lowest BCUT2D eigenvalue weighted by molar-refractivity contribution is 0.283. The van der Waals surface area contributed by atoms with Crippen molar-refractivity contribution in [2.45, 2.75) is 32.6 Å². The van der Waals surface area contributed by atoms with Crippen LogP contribution in [0.3, 0.4) is 0 Å². The fourth-order valence-corrected chi connectivity index (χ4v) is 1.90. The van der Waals surface area contributed by atoms with E-state index < -0.39 is 0 Å². The van der Waals surface area contributed by atoms with Crippen LogP contribution in [0.4, 0.5) is 11.4 Å². The lowest BCUT2D eigenvalue weighted by Crippen LogP contribution is -2.18.